The van der Waals surface area contributed by atoms with Crippen LogP contribution in [0.1, 0.15) is 50.7 Å². The lowest BCUT2D eigenvalue weighted by Gasteiger charge is -2.42. The van der Waals surface area contributed by atoms with Crippen LogP contribution in [-0.4, -0.2) is 18.2 Å². The molecule has 0 radical (unpaired) electrons. The van der Waals surface area contributed by atoms with Crippen LogP contribution in [0.25, 0.3) is 0 Å². The van der Waals surface area contributed by atoms with Crippen molar-refractivity contribution in [2.24, 2.45) is 11.8 Å². The molecule has 0 aromatic heterocycles. The molecule has 3 rings (SSSR count). The SMILES string of the molecule is C[C@H](O)c1ccc(N2CCC3CCCCC3C2)c(Cl)c1. The van der Waals surface area contributed by atoms with E-state index in [-0.39, 0.29) is 0 Å². The molecule has 1 N–H and O–H groups in total. The summed E-state index contributed by atoms with van der Waals surface area (Å²) in [5.74, 6) is 1.79. The van der Waals surface area contributed by atoms with Gasteiger partial charge in [-0.2, -0.15) is 0 Å². The van der Waals surface area contributed by atoms with Crippen LogP contribution in [0, 0.1) is 11.8 Å². The van der Waals surface area contributed by atoms with Gasteiger partial charge in [0.15, 0.2) is 0 Å². The molecule has 1 aliphatic heterocycles. The van der Waals surface area contributed by atoms with Crippen LogP contribution in [-0.2, 0) is 0 Å². The first-order chi connectivity index (χ1) is 9.65. The Labute approximate surface area is 126 Å². The van der Waals surface area contributed by atoms with E-state index in [9.17, 15) is 5.11 Å². The zero-order chi connectivity index (χ0) is 14.1. The summed E-state index contributed by atoms with van der Waals surface area (Å²) in [5, 5.41) is 10.4. The highest BCUT2D eigenvalue weighted by Gasteiger charge is 2.31. The first-order valence-electron chi connectivity index (χ1n) is 7.87. The van der Waals surface area contributed by atoms with Crippen molar-refractivity contribution in [1.82, 2.24) is 0 Å². The van der Waals surface area contributed by atoms with Crippen molar-refractivity contribution in [2.45, 2.75) is 45.1 Å². The minimum atomic E-state index is -0.453. The summed E-state index contributed by atoms with van der Waals surface area (Å²) in [7, 11) is 0. The monoisotopic (exact) mass is 293 g/mol. The molecular formula is C17H24ClNO. The van der Waals surface area contributed by atoms with Crippen molar-refractivity contribution in [3.05, 3.63) is 28.8 Å². The lowest BCUT2D eigenvalue weighted by Crippen LogP contribution is -2.41. The summed E-state index contributed by atoms with van der Waals surface area (Å²) in [6.07, 6.45) is 6.47. The summed E-state index contributed by atoms with van der Waals surface area (Å²) < 4.78 is 0. The number of aliphatic hydroxyl groups is 1. The van der Waals surface area contributed by atoms with E-state index in [0.29, 0.717) is 0 Å². The molecule has 2 aliphatic rings. The highest BCUT2D eigenvalue weighted by atomic mass is 35.5. The second-order valence-electron chi connectivity index (χ2n) is 6.43. The maximum absolute atomic E-state index is 9.63. The van der Waals surface area contributed by atoms with Gasteiger partial charge in [-0.25, -0.2) is 0 Å². The molecule has 2 fully saturated rings. The van der Waals surface area contributed by atoms with Gasteiger partial charge in [0.05, 0.1) is 16.8 Å². The molecule has 1 aliphatic carbocycles. The van der Waals surface area contributed by atoms with Crippen molar-refractivity contribution in [2.75, 3.05) is 18.0 Å². The third kappa shape index (κ3) is 2.82. The van der Waals surface area contributed by atoms with E-state index in [1.54, 1.807) is 6.92 Å². The van der Waals surface area contributed by atoms with E-state index in [0.717, 1.165) is 41.2 Å². The maximum Gasteiger partial charge on any atom is 0.0762 e. The molecule has 0 spiro atoms. The molecule has 20 heavy (non-hydrogen) atoms. The van der Waals surface area contributed by atoms with E-state index < -0.39 is 6.10 Å². The summed E-state index contributed by atoms with van der Waals surface area (Å²) >= 11 is 6.43. The molecule has 110 valence electrons. The largest absolute Gasteiger partial charge is 0.389 e. The zero-order valence-electron chi connectivity index (χ0n) is 12.2. The van der Waals surface area contributed by atoms with Crippen LogP contribution < -0.4 is 4.90 Å². The first-order valence-corrected chi connectivity index (χ1v) is 8.25. The number of benzene rings is 1. The van der Waals surface area contributed by atoms with Crippen molar-refractivity contribution < 1.29 is 5.11 Å². The highest BCUT2D eigenvalue weighted by molar-refractivity contribution is 6.33. The van der Waals surface area contributed by atoms with Gasteiger partial charge < -0.3 is 10.0 Å². The number of rotatable bonds is 2. The number of aliphatic hydroxyl groups excluding tert-OH is 1. The fraction of sp³-hybridized carbons (Fsp3) is 0.647. The molecular weight excluding hydrogens is 270 g/mol. The fourth-order valence-corrected chi connectivity index (χ4v) is 4.17. The molecule has 1 heterocycles. The zero-order valence-corrected chi connectivity index (χ0v) is 12.9. The molecule has 0 amide bonds. The number of hydrogen-bond acceptors (Lipinski definition) is 2. The van der Waals surface area contributed by atoms with Crippen LogP contribution in [0.5, 0.6) is 0 Å². The number of hydrogen-bond donors (Lipinski definition) is 1. The van der Waals surface area contributed by atoms with E-state index in [4.69, 9.17) is 11.6 Å². The Morgan fingerprint density at radius 1 is 1.20 bits per heavy atom. The van der Waals surface area contributed by atoms with Crippen molar-refractivity contribution >= 4 is 17.3 Å². The van der Waals surface area contributed by atoms with Crippen LogP contribution >= 0.6 is 11.6 Å². The second kappa shape index (κ2) is 5.95. The summed E-state index contributed by atoms with van der Waals surface area (Å²) in [6.45, 7) is 4.05. The Hall–Kier alpha value is -0.730. The van der Waals surface area contributed by atoms with Crippen molar-refractivity contribution in [3.63, 3.8) is 0 Å². The van der Waals surface area contributed by atoms with Crippen LogP contribution in [0.4, 0.5) is 5.69 Å². The van der Waals surface area contributed by atoms with Gasteiger partial charge in [0.1, 0.15) is 0 Å². The standard InChI is InChI=1S/C17H24ClNO/c1-12(20)14-6-7-17(16(18)10-14)19-9-8-13-4-2-3-5-15(13)11-19/h6-7,10,12-13,15,20H,2-5,8-9,11H2,1H3/t12-,13?,15?/m0/s1. The van der Waals surface area contributed by atoms with Gasteiger partial charge in [0, 0.05) is 13.1 Å². The minimum absolute atomic E-state index is 0.453. The Bertz CT molecular complexity index is 474. The molecule has 1 aromatic carbocycles. The smallest absolute Gasteiger partial charge is 0.0762 e. The number of piperidine rings is 1. The van der Waals surface area contributed by atoms with Crippen LogP contribution in [0.15, 0.2) is 18.2 Å². The van der Waals surface area contributed by atoms with Gasteiger partial charge in [-0.3, -0.25) is 0 Å². The molecule has 0 bridgehead atoms. The van der Waals surface area contributed by atoms with E-state index in [1.165, 1.54) is 32.1 Å². The van der Waals surface area contributed by atoms with Gasteiger partial charge in [0.25, 0.3) is 0 Å². The van der Waals surface area contributed by atoms with Crippen molar-refractivity contribution in [3.8, 4) is 0 Å². The maximum atomic E-state index is 9.63. The molecule has 3 heteroatoms. The average Bonchev–Trinajstić information content (AvgIpc) is 2.46. The van der Waals surface area contributed by atoms with Crippen LogP contribution in [0.3, 0.4) is 0 Å². The Balaban J connectivity index is 1.76. The van der Waals surface area contributed by atoms with Crippen LogP contribution in [0.2, 0.25) is 5.02 Å². The normalized spacial score (nSPS) is 28.1. The first kappa shape index (κ1) is 14.2. The predicted molar refractivity (Wildman–Crippen MR) is 84.4 cm³/mol. The van der Waals surface area contributed by atoms with Gasteiger partial charge in [-0.15, -0.1) is 0 Å². The van der Waals surface area contributed by atoms with Gasteiger partial charge >= 0.3 is 0 Å². The van der Waals surface area contributed by atoms with E-state index >= 15 is 0 Å². The lowest BCUT2D eigenvalue weighted by molar-refractivity contribution is 0.199. The average molecular weight is 294 g/mol. The molecule has 1 saturated carbocycles. The minimum Gasteiger partial charge on any atom is -0.389 e. The Morgan fingerprint density at radius 2 is 1.95 bits per heavy atom. The summed E-state index contributed by atoms with van der Waals surface area (Å²) in [5.41, 5.74) is 2.03. The second-order valence-corrected chi connectivity index (χ2v) is 6.83. The number of halogens is 1. The number of nitrogens with zero attached hydrogens (tertiary/aromatic N) is 1. The van der Waals surface area contributed by atoms with E-state index in [1.807, 2.05) is 12.1 Å². The quantitative estimate of drug-likeness (QED) is 0.873. The Kier molecular flexibility index (Phi) is 4.23. The van der Waals surface area contributed by atoms with Gasteiger partial charge in [-0.1, -0.05) is 36.9 Å². The third-order valence-corrected chi connectivity index (χ3v) is 5.39. The molecule has 1 aromatic rings. The molecule has 1 saturated heterocycles. The molecule has 2 nitrogen and oxygen atoms in total. The number of fused-ring (bicyclic) bond motifs is 1. The lowest BCUT2D eigenvalue weighted by atomic mass is 9.75. The third-order valence-electron chi connectivity index (χ3n) is 5.09. The van der Waals surface area contributed by atoms with Crippen molar-refractivity contribution in [1.29, 1.82) is 0 Å². The topological polar surface area (TPSA) is 23.5 Å². The number of anilines is 1. The fourth-order valence-electron chi connectivity index (χ4n) is 3.86. The molecule has 3 atom stereocenters. The van der Waals surface area contributed by atoms with Gasteiger partial charge in [0.2, 0.25) is 0 Å². The molecule has 2 unspecified atom stereocenters. The van der Waals surface area contributed by atoms with E-state index in [2.05, 4.69) is 11.0 Å². The summed E-state index contributed by atoms with van der Waals surface area (Å²) in [6, 6.07) is 5.99. The predicted octanol–water partition coefficient (Wildman–Crippen LogP) is 4.41. The highest BCUT2D eigenvalue weighted by Crippen LogP contribution is 2.39. The Morgan fingerprint density at radius 3 is 2.65 bits per heavy atom. The van der Waals surface area contributed by atoms with Gasteiger partial charge in [-0.05, 0) is 49.3 Å². The summed E-state index contributed by atoms with van der Waals surface area (Å²) in [4.78, 5) is 2.45.